The molecule has 3 saturated heterocycles. The van der Waals surface area contributed by atoms with E-state index < -0.39 is 28.7 Å². The lowest BCUT2D eigenvalue weighted by Gasteiger charge is -2.42. The Hall–Kier alpha value is -2.58. The number of rotatable bonds is 15. The van der Waals surface area contributed by atoms with Crippen molar-refractivity contribution in [3.05, 3.63) is 61.2 Å². The molecule has 0 aliphatic carbocycles. The summed E-state index contributed by atoms with van der Waals surface area (Å²) in [4.78, 5) is 46.1. The van der Waals surface area contributed by atoms with Gasteiger partial charge in [-0.1, -0.05) is 63.3 Å². The number of allylic oxidation sites excluding steroid dienone is 1. The largest absolute Gasteiger partial charge is 0.465 e. The molecule has 1 N–H and O–H groups in total. The maximum absolute atomic E-state index is 14.7. The Kier molecular flexibility index (Phi) is 10.4. The lowest BCUT2D eigenvalue weighted by Crippen LogP contribution is -2.59. The van der Waals surface area contributed by atoms with Crippen LogP contribution < -0.4 is 0 Å². The number of hydrogen-bond donors (Lipinski definition) is 1. The number of amides is 2. The van der Waals surface area contributed by atoms with E-state index in [1.807, 2.05) is 50.3 Å². The van der Waals surface area contributed by atoms with E-state index in [1.165, 1.54) is 0 Å². The summed E-state index contributed by atoms with van der Waals surface area (Å²) in [6.45, 7) is 14.6. The number of fused-ring (bicyclic) bond motifs is 1. The van der Waals surface area contributed by atoms with E-state index in [-0.39, 0.29) is 41.5 Å². The van der Waals surface area contributed by atoms with Crippen LogP contribution in [0.2, 0.25) is 0 Å². The van der Waals surface area contributed by atoms with Crippen LogP contribution in [-0.4, -0.2) is 74.5 Å². The van der Waals surface area contributed by atoms with Crippen LogP contribution in [-0.2, 0) is 25.7 Å². The average molecular weight is 583 g/mol. The number of thioether (sulfide) groups is 1. The molecule has 1 aromatic rings. The monoisotopic (exact) mass is 582 g/mol. The highest BCUT2D eigenvalue weighted by atomic mass is 32.2. The molecule has 7 nitrogen and oxygen atoms in total. The van der Waals surface area contributed by atoms with E-state index in [4.69, 9.17) is 4.74 Å². The van der Waals surface area contributed by atoms with E-state index in [9.17, 15) is 19.5 Å². The molecule has 8 heteroatoms. The number of benzene rings is 1. The number of hydrogen-bond acceptors (Lipinski definition) is 6. The number of esters is 1. The van der Waals surface area contributed by atoms with Crippen LogP contribution in [0.3, 0.4) is 0 Å². The number of ether oxygens (including phenoxy) is 1. The second-order valence-corrected chi connectivity index (χ2v) is 13.8. The molecular weight excluding hydrogens is 536 g/mol. The number of nitrogens with zero attached hydrogens (tertiary/aromatic N) is 2. The third-order valence-electron chi connectivity index (χ3n) is 8.96. The van der Waals surface area contributed by atoms with Crippen molar-refractivity contribution < 1.29 is 24.2 Å². The van der Waals surface area contributed by atoms with Crippen molar-refractivity contribution in [3.8, 4) is 0 Å². The second kappa shape index (κ2) is 13.6. The molecule has 41 heavy (non-hydrogen) atoms. The Morgan fingerprint density at radius 2 is 1.95 bits per heavy atom. The standard InChI is InChI=1S/C33H46N2O5S/c1-6-8-9-13-17-40-32(39)27-26-19-23(5)33(41-26)28(27)30(37)35(25(21-36)18-22(3)4)29(33)31(38)34(16-7-2)20-24-14-11-10-12-15-24/h6-7,10-12,14-15,22-23,25-29,36H,1-2,8-9,13,16-21H2,3-5H3/t23?,25-,26-,27+,28+,29?,33?/m1/s1. The van der Waals surface area contributed by atoms with Crippen molar-refractivity contribution in [2.45, 2.75) is 81.5 Å². The number of aliphatic hydroxyl groups is 1. The second-order valence-electron chi connectivity index (χ2n) is 12.2. The summed E-state index contributed by atoms with van der Waals surface area (Å²) in [6.07, 6.45) is 7.37. The first-order valence-corrected chi connectivity index (χ1v) is 15.9. The molecule has 1 aromatic carbocycles. The number of carbonyl (C=O) groups excluding carboxylic acids is 3. The fourth-order valence-corrected chi connectivity index (χ4v) is 9.64. The zero-order valence-corrected chi connectivity index (χ0v) is 25.6. The molecule has 2 bridgehead atoms. The maximum Gasteiger partial charge on any atom is 0.310 e. The highest BCUT2D eigenvalue weighted by Crippen LogP contribution is 2.69. The third kappa shape index (κ3) is 6.00. The molecule has 0 aromatic heterocycles. The highest BCUT2D eigenvalue weighted by molar-refractivity contribution is 8.02. The fourth-order valence-electron chi connectivity index (χ4n) is 7.25. The van der Waals surface area contributed by atoms with Crippen molar-refractivity contribution in [2.24, 2.45) is 23.7 Å². The van der Waals surface area contributed by atoms with Crippen LogP contribution in [0.25, 0.3) is 0 Å². The van der Waals surface area contributed by atoms with Crippen molar-refractivity contribution in [2.75, 3.05) is 19.8 Å². The highest BCUT2D eigenvalue weighted by Gasteiger charge is 2.77. The zero-order chi connectivity index (χ0) is 29.7. The topological polar surface area (TPSA) is 87.1 Å². The number of aliphatic hydroxyl groups excluding tert-OH is 1. The average Bonchev–Trinajstić information content (AvgIpc) is 3.55. The summed E-state index contributed by atoms with van der Waals surface area (Å²) in [6, 6.07) is 8.50. The van der Waals surface area contributed by atoms with Crippen LogP contribution in [0.15, 0.2) is 55.6 Å². The lowest BCUT2D eigenvalue weighted by molar-refractivity contribution is -0.155. The zero-order valence-electron chi connectivity index (χ0n) is 24.7. The molecule has 4 rings (SSSR count). The summed E-state index contributed by atoms with van der Waals surface area (Å²) in [5.74, 6) is -1.68. The Morgan fingerprint density at radius 3 is 2.59 bits per heavy atom. The summed E-state index contributed by atoms with van der Waals surface area (Å²) in [5, 5.41) is 10.5. The minimum absolute atomic E-state index is 0.0442. The first-order valence-electron chi connectivity index (χ1n) is 15.0. The molecule has 1 spiro atoms. The van der Waals surface area contributed by atoms with Gasteiger partial charge in [0, 0.05) is 18.3 Å². The minimum atomic E-state index is -0.782. The van der Waals surface area contributed by atoms with Gasteiger partial charge < -0.3 is 19.6 Å². The van der Waals surface area contributed by atoms with E-state index in [0.29, 0.717) is 26.1 Å². The van der Waals surface area contributed by atoms with Crippen LogP contribution in [0, 0.1) is 23.7 Å². The van der Waals surface area contributed by atoms with Gasteiger partial charge in [-0.2, -0.15) is 0 Å². The molecule has 3 aliphatic rings. The molecule has 3 fully saturated rings. The lowest BCUT2D eigenvalue weighted by atomic mass is 9.66. The molecule has 0 radical (unpaired) electrons. The number of likely N-dealkylation sites (tertiary alicyclic amines) is 1. The van der Waals surface area contributed by atoms with E-state index in [1.54, 1.807) is 27.6 Å². The van der Waals surface area contributed by atoms with Gasteiger partial charge in [-0.3, -0.25) is 14.4 Å². The molecule has 3 unspecified atom stereocenters. The smallest absolute Gasteiger partial charge is 0.310 e. The van der Waals surface area contributed by atoms with Gasteiger partial charge in [-0.05, 0) is 49.5 Å². The quantitative estimate of drug-likeness (QED) is 0.181. The SMILES string of the molecule is C=CCCCCOC(=O)[C@@H]1[C@H]2C(=O)N([C@@H](CO)CC(C)C)C(C(=O)N(CC=C)Cc3ccccc3)C23S[C@@H]1CC3C. The van der Waals surface area contributed by atoms with Crippen LogP contribution >= 0.6 is 11.8 Å². The molecule has 0 saturated carbocycles. The predicted molar refractivity (Wildman–Crippen MR) is 163 cm³/mol. The van der Waals surface area contributed by atoms with Gasteiger partial charge in [0.05, 0.1) is 35.8 Å². The van der Waals surface area contributed by atoms with E-state index in [0.717, 1.165) is 31.2 Å². The van der Waals surface area contributed by atoms with Crippen molar-refractivity contribution in [3.63, 3.8) is 0 Å². The van der Waals surface area contributed by atoms with Gasteiger partial charge in [0.1, 0.15) is 6.04 Å². The Bertz CT molecular complexity index is 1110. The fraction of sp³-hybridized carbons (Fsp3) is 0.606. The summed E-state index contributed by atoms with van der Waals surface area (Å²) in [5.41, 5.74) is 0.989. The van der Waals surface area contributed by atoms with Crippen molar-refractivity contribution in [1.82, 2.24) is 9.80 Å². The van der Waals surface area contributed by atoms with E-state index >= 15 is 0 Å². The molecule has 224 valence electrons. The summed E-state index contributed by atoms with van der Waals surface area (Å²) >= 11 is 1.64. The molecule has 3 heterocycles. The van der Waals surface area contributed by atoms with Gasteiger partial charge in [0.25, 0.3) is 0 Å². The van der Waals surface area contributed by atoms with Gasteiger partial charge in [-0.15, -0.1) is 24.9 Å². The predicted octanol–water partition coefficient (Wildman–Crippen LogP) is 4.84. The van der Waals surface area contributed by atoms with Crippen molar-refractivity contribution >= 4 is 29.5 Å². The maximum atomic E-state index is 14.7. The molecule has 7 atom stereocenters. The third-order valence-corrected chi connectivity index (χ3v) is 11.0. The van der Waals surface area contributed by atoms with Gasteiger partial charge in [-0.25, -0.2) is 0 Å². The first-order chi connectivity index (χ1) is 19.7. The molecule has 2 amide bonds. The number of carbonyl (C=O) groups is 3. The number of unbranched alkanes of at least 4 members (excludes halogenated alkanes) is 2. The van der Waals surface area contributed by atoms with Gasteiger partial charge >= 0.3 is 5.97 Å². The Balaban J connectivity index is 1.72. The first kappa shape index (κ1) is 31.4. The van der Waals surface area contributed by atoms with Crippen LogP contribution in [0.5, 0.6) is 0 Å². The van der Waals surface area contributed by atoms with Crippen molar-refractivity contribution in [1.29, 1.82) is 0 Å². The van der Waals surface area contributed by atoms with Gasteiger partial charge in [0.15, 0.2) is 0 Å². The Labute approximate surface area is 249 Å². The Morgan fingerprint density at radius 1 is 1.22 bits per heavy atom. The van der Waals surface area contributed by atoms with Gasteiger partial charge in [0.2, 0.25) is 11.8 Å². The van der Waals surface area contributed by atoms with E-state index in [2.05, 4.69) is 20.1 Å². The molecule has 3 aliphatic heterocycles. The minimum Gasteiger partial charge on any atom is -0.465 e. The normalized spacial score (nSPS) is 29.0. The summed E-state index contributed by atoms with van der Waals surface area (Å²) in [7, 11) is 0. The molecular formula is C33H46N2O5S. The van der Waals surface area contributed by atoms with Crippen LogP contribution in [0.4, 0.5) is 0 Å². The summed E-state index contributed by atoms with van der Waals surface area (Å²) < 4.78 is 4.99. The van der Waals surface area contributed by atoms with Crippen LogP contribution in [0.1, 0.15) is 58.4 Å².